The third-order valence-electron chi connectivity index (χ3n) is 2.98. The van der Waals surface area contributed by atoms with Gasteiger partial charge in [0.05, 0.1) is 12.7 Å². The van der Waals surface area contributed by atoms with Crippen LogP contribution in [0.5, 0.6) is 0 Å². The quantitative estimate of drug-likeness (QED) is 0.650. The summed E-state index contributed by atoms with van der Waals surface area (Å²) < 4.78 is 1.76. The molecule has 0 saturated heterocycles. The first-order valence-corrected chi connectivity index (χ1v) is 7.77. The fraction of sp³-hybridized carbons (Fsp3) is 0.333. The van der Waals surface area contributed by atoms with Gasteiger partial charge in [-0.15, -0.1) is 0 Å². The molecular weight excluding hydrogens is 321 g/mol. The third-order valence-corrected chi connectivity index (χ3v) is 3.57. The highest BCUT2D eigenvalue weighted by Gasteiger charge is 2.03. The van der Waals surface area contributed by atoms with Crippen LogP contribution in [0, 0.1) is 0 Å². The van der Waals surface area contributed by atoms with Gasteiger partial charge in [-0.3, -0.25) is 4.68 Å². The monoisotopic (exact) mass is 339 g/mol. The van der Waals surface area contributed by atoms with E-state index in [0.717, 1.165) is 23.6 Å². The minimum absolute atomic E-state index is 0.567. The Morgan fingerprint density at radius 1 is 1.32 bits per heavy atom. The molecule has 2 N–H and O–H groups in total. The summed E-state index contributed by atoms with van der Waals surface area (Å²) >= 11 is 12.1. The highest BCUT2D eigenvalue weighted by molar-refractivity contribution is 6.35. The number of hydrogen-bond donors (Lipinski definition) is 2. The van der Waals surface area contributed by atoms with Crippen LogP contribution in [0.3, 0.4) is 0 Å². The second-order valence-corrected chi connectivity index (χ2v) is 5.65. The van der Waals surface area contributed by atoms with E-state index in [1.807, 2.05) is 38.5 Å². The van der Waals surface area contributed by atoms with Crippen LogP contribution in [0.2, 0.25) is 10.0 Å². The molecule has 0 aliphatic rings. The van der Waals surface area contributed by atoms with Gasteiger partial charge in [0.2, 0.25) is 0 Å². The van der Waals surface area contributed by atoms with E-state index in [9.17, 15) is 0 Å². The SMILES string of the molecule is CCNC(=NCc1cnn(C)c1)NCc1ccc(Cl)cc1Cl. The molecule has 2 aromatic rings. The summed E-state index contributed by atoms with van der Waals surface area (Å²) in [6.07, 6.45) is 3.76. The number of guanidine groups is 1. The lowest BCUT2D eigenvalue weighted by Crippen LogP contribution is -2.36. The summed E-state index contributed by atoms with van der Waals surface area (Å²) in [5, 5.41) is 11.9. The van der Waals surface area contributed by atoms with Crippen molar-refractivity contribution in [2.45, 2.75) is 20.0 Å². The van der Waals surface area contributed by atoms with Crippen molar-refractivity contribution in [2.24, 2.45) is 12.0 Å². The Bertz CT molecular complexity index is 651. The smallest absolute Gasteiger partial charge is 0.191 e. The van der Waals surface area contributed by atoms with Crippen molar-refractivity contribution in [3.8, 4) is 0 Å². The minimum atomic E-state index is 0.567. The molecule has 0 amide bonds. The number of rotatable bonds is 5. The first kappa shape index (κ1) is 16.6. The van der Waals surface area contributed by atoms with Gasteiger partial charge in [0.25, 0.3) is 0 Å². The zero-order valence-corrected chi connectivity index (χ0v) is 14.1. The van der Waals surface area contributed by atoms with E-state index in [1.165, 1.54) is 0 Å². The zero-order chi connectivity index (χ0) is 15.9. The van der Waals surface area contributed by atoms with Gasteiger partial charge in [0, 0.05) is 41.9 Å². The number of benzene rings is 1. The first-order chi connectivity index (χ1) is 10.6. The molecule has 1 aromatic heterocycles. The minimum Gasteiger partial charge on any atom is -0.357 e. The van der Waals surface area contributed by atoms with Gasteiger partial charge in [-0.25, -0.2) is 4.99 Å². The predicted octanol–water partition coefficient (Wildman–Crippen LogP) is 2.98. The molecule has 22 heavy (non-hydrogen) atoms. The second-order valence-electron chi connectivity index (χ2n) is 4.81. The van der Waals surface area contributed by atoms with Crippen LogP contribution in [0.4, 0.5) is 0 Å². The number of nitrogens with one attached hydrogen (secondary N) is 2. The number of aliphatic imine (C=N–C) groups is 1. The van der Waals surface area contributed by atoms with Crippen LogP contribution in [-0.4, -0.2) is 22.3 Å². The Kier molecular flexibility index (Phi) is 6.10. The Balaban J connectivity index is 1.98. The molecule has 0 fully saturated rings. The van der Waals surface area contributed by atoms with Crippen LogP contribution in [0.1, 0.15) is 18.1 Å². The lowest BCUT2D eigenvalue weighted by molar-refractivity contribution is 0.766. The zero-order valence-electron chi connectivity index (χ0n) is 12.6. The van der Waals surface area contributed by atoms with Gasteiger partial charge in [-0.2, -0.15) is 5.10 Å². The van der Waals surface area contributed by atoms with E-state index in [2.05, 4.69) is 20.7 Å². The Morgan fingerprint density at radius 2 is 2.14 bits per heavy atom. The summed E-state index contributed by atoms with van der Waals surface area (Å²) in [5.41, 5.74) is 2.03. The van der Waals surface area contributed by atoms with Gasteiger partial charge in [-0.05, 0) is 24.6 Å². The summed E-state index contributed by atoms with van der Waals surface area (Å²) in [5.74, 6) is 0.734. The van der Waals surface area contributed by atoms with Crippen molar-refractivity contribution >= 4 is 29.2 Å². The average molecular weight is 340 g/mol. The molecule has 0 bridgehead atoms. The summed E-state index contributed by atoms with van der Waals surface area (Å²) in [6.45, 7) is 3.95. The molecule has 7 heteroatoms. The van der Waals surface area contributed by atoms with Crippen LogP contribution >= 0.6 is 23.2 Å². The summed E-state index contributed by atoms with van der Waals surface area (Å²) in [4.78, 5) is 4.53. The molecule has 0 saturated carbocycles. The Labute approximate surface area is 140 Å². The van der Waals surface area contributed by atoms with E-state index in [1.54, 1.807) is 10.7 Å². The van der Waals surface area contributed by atoms with Crippen LogP contribution < -0.4 is 10.6 Å². The molecule has 2 rings (SSSR count). The average Bonchev–Trinajstić information content (AvgIpc) is 2.89. The highest BCUT2D eigenvalue weighted by Crippen LogP contribution is 2.20. The molecule has 0 aliphatic heterocycles. The molecule has 118 valence electrons. The van der Waals surface area contributed by atoms with Gasteiger partial charge in [0.15, 0.2) is 5.96 Å². The van der Waals surface area contributed by atoms with Crippen molar-refractivity contribution in [3.63, 3.8) is 0 Å². The molecule has 0 atom stereocenters. The fourth-order valence-corrected chi connectivity index (χ4v) is 2.38. The summed E-state index contributed by atoms with van der Waals surface area (Å²) in [6, 6.07) is 5.46. The lowest BCUT2D eigenvalue weighted by Gasteiger charge is -2.12. The van der Waals surface area contributed by atoms with E-state index in [-0.39, 0.29) is 0 Å². The standard InChI is InChI=1S/C15H19Cl2N5/c1-3-18-15(19-7-11-8-21-22(2)10-11)20-9-12-4-5-13(16)6-14(12)17/h4-6,8,10H,3,7,9H2,1-2H3,(H2,18,19,20). The van der Waals surface area contributed by atoms with Gasteiger partial charge in [0.1, 0.15) is 0 Å². The summed E-state index contributed by atoms with van der Waals surface area (Å²) in [7, 11) is 1.89. The second kappa shape index (κ2) is 8.06. The first-order valence-electron chi connectivity index (χ1n) is 7.02. The van der Waals surface area contributed by atoms with Crippen molar-refractivity contribution in [1.29, 1.82) is 0 Å². The maximum atomic E-state index is 6.17. The molecule has 0 unspecified atom stereocenters. The van der Waals surface area contributed by atoms with Crippen molar-refractivity contribution in [2.75, 3.05) is 6.54 Å². The number of nitrogens with zero attached hydrogens (tertiary/aromatic N) is 3. The molecule has 0 spiro atoms. The maximum absolute atomic E-state index is 6.17. The maximum Gasteiger partial charge on any atom is 0.191 e. The van der Waals surface area contributed by atoms with Crippen molar-refractivity contribution in [3.05, 3.63) is 51.8 Å². The third kappa shape index (κ3) is 4.93. The lowest BCUT2D eigenvalue weighted by atomic mass is 10.2. The number of hydrogen-bond acceptors (Lipinski definition) is 2. The fourth-order valence-electron chi connectivity index (χ4n) is 1.91. The molecule has 5 nitrogen and oxygen atoms in total. The topological polar surface area (TPSA) is 54.2 Å². The van der Waals surface area contributed by atoms with E-state index in [0.29, 0.717) is 23.1 Å². The molecular formula is C15H19Cl2N5. The highest BCUT2D eigenvalue weighted by atomic mass is 35.5. The van der Waals surface area contributed by atoms with Gasteiger partial charge >= 0.3 is 0 Å². The number of aromatic nitrogens is 2. The molecule has 1 aromatic carbocycles. The molecule has 0 radical (unpaired) electrons. The van der Waals surface area contributed by atoms with Gasteiger partial charge in [-0.1, -0.05) is 29.3 Å². The Hall–Kier alpha value is -1.72. The van der Waals surface area contributed by atoms with Crippen LogP contribution in [0.25, 0.3) is 0 Å². The van der Waals surface area contributed by atoms with Crippen LogP contribution in [0.15, 0.2) is 35.6 Å². The number of aryl methyl sites for hydroxylation is 1. The normalized spacial score (nSPS) is 11.5. The van der Waals surface area contributed by atoms with E-state index < -0.39 is 0 Å². The Morgan fingerprint density at radius 3 is 2.77 bits per heavy atom. The van der Waals surface area contributed by atoms with E-state index >= 15 is 0 Å². The van der Waals surface area contributed by atoms with Crippen LogP contribution in [-0.2, 0) is 20.1 Å². The predicted molar refractivity (Wildman–Crippen MR) is 91.3 cm³/mol. The molecule has 0 aliphatic carbocycles. The number of halogens is 2. The van der Waals surface area contributed by atoms with Gasteiger partial charge < -0.3 is 10.6 Å². The van der Waals surface area contributed by atoms with Crippen molar-refractivity contribution in [1.82, 2.24) is 20.4 Å². The van der Waals surface area contributed by atoms with E-state index in [4.69, 9.17) is 23.2 Å². The van der Waals surface area contributed by atoms with Crippen molar-refractivity contribution < 1.29 is 0 Å². The molecule has 1 heterocycles. The largest absolute Gasteiger partial charge is 0.357 e.